The first-order chi connectivity index (χ1) is 12.0. The van der Waals surface area contributed by atoms with Crippen molar-refractivity contribution in [2.45, 2.75) is 13.8 Å². The van der Waals surface area contributed by atoms with Crippen molar-refractivity contribution in [2.75, 3.05) is 10.6 Å². The molecule has 6 nitrogen and oxygen atoms in total. The Hall–Kier alpha value is -3.41. The van der Waals surface area contributed by atoms with E-state index in [4.69, 9.17) is 4.74 Å². The molecule has 0 fully saturated rings. The lowest BCUT2D eigenvalue weighted by atomic mass is 10.2. The van der Waals surface area contributed by atoms with Gasteiger partial charge < -0.3 is 15.4 Å². The second-order valence-corrected chi connectivity index (χ2v) is 5.15. The molecule has 0 spiro atoms. The third-order valence-electron chi connectivity index (χ3n) is 3.06. The Morgan fingerprint density at radius 3 is 2.32 bits per heavy atom. The predicted molar refractivity (Wildman–Crippen MR) is 95.6 cm³/mol. The Balaban J connectivity index is 2.10. The summed E-state index contributed by atoms with van der Waals surface area (Å²) in [6.45, 7) is 3.04. The van der Waals surface area contributed by atoms with E-state index in [1.54, 1.807) is 55.5 Å². The minimum Gasteiger partial charge on any atom is -0.427 e. The van der Waals surface area contributed by atoms with Crippen LogP contribution in [0.5, 0.6) is 5.75 Å². The third-order valence-corrected chi connectivity index (χ3v) is 3.06. The molecule has 25 heavy (non-hydrogen) atoms. The molecule has 0 aliphatic heterocycles. The normalized spacial score (nSPS) is 10.3. The van der Waals surface area contributed by atoms with Crippen molar-refractivity contribution < 1.29 is 19.1 Å². The average Bonchev–Trinajstić information content (AvgIpc) is 2.55. The van der Waals surface area contributed by atoms with Gasteiger partial charge in [-0.25, -0.2) is 0 Å². The van der Waals surface area contributed by atoms with E-state index in [0.29, 0.717) is 22.7 Å². The van der Waals surface area contributed by atoms with Gasteiger partial charge >= 0.3 is 5.97 Å². The van der Waals surface area contributed by atoms with Crippen LogP contribution >= 0.6 is 0 Å². The van der Waals surface area contributed by atoms with Gasteiger partial charge in [-0.05, 0) is 49.4 Å². The van der Waals surface area contributed by atoms with Crippen LogP contribution in [0.2, 0.25) is 0 Å². The number of hydrogen-bond donors (Lipinski definition) is 2. The van der Waals surface area contributed by atoms with Crippen molar-refractivity contribution in [3.05, 3.63) is 66.2 Å². The van der Waals surface area contributed by atoms with Crippen LogP contribution in [0.15, 0.2) is 60.7 Å². The maximum absolute atomic E-state index is 12.3. The summed E-state index contributed by atoms with van der Waals surface area (Å²) in [5, 5.41) is 5.43. The van der Waals surface area contributed by atoms with Gasteiger partial charge in [-0.15, -0.1) is 0 Å². The van der Waals surface area contributed by atoms with Crippen LogP contribution in [0.3, 0.4) is 0 Å². The van der Waals surface area contributed by atoms with E-state index in [1.165, 1.54) is 19.1 Å². The molecule has 6 heteroatoms. The molecule has 0 radical (unpaired) electrons. The highest BCUT2D eigenvalue weighted by Gasteiger charge is 2.09. The summed E-state index contributed by atoms with van der Waals surface area (Å²) in [4.78, 5) is 34.9. The molecule has 0 atom stereocenters. The minimum atomic E-state index is -0.456. The lowest BCUT2D eigenvalue weighted by molar-refractivity contribution is -0.131. The summed E-state index contributed by atoms with van der Waals surface area (Å²) in [6.07, 6.45) is 3.04. The van der Waals surface area contributed by atoms with Gasteiger partial charge in [-0.2, -0.15) is 0 Å². The number of ether oxygens (including phenoxy) is 1. The maximum Gasteiger partial charge on any atom is 0.308 e. The number of carbonyl (C=O) groups is 3. The Morgan fingerprint density at radius 2 is 1.64 bits per heavy atom. The molecule has 128 valence electrons. The Morgan fingerprint density at radius 1 is 0.960 bits per heavy atom. The molecule has 0 aromatic heterocycles. The van der Waals surface area contributed by atoms with Gasteiger partial charge in [0.1, 0.15) is 5.75 Å². The number of allylic oxidation sites excluding steroid dienone is 1. The van der Waals surface area contributed by atoms with Gasteiger partial charge in [0.2, 0.25) is 5.91 Å². The highest BCUT2D eigenvalue weighted by atomic mass is 16.5. The van der Waals surface area contributed by atoms with Crippen LogP contribution in [0.4, 0.5) is 11.4 Å². The van der Waals surface area contributed by atoms with E-state index < -0.39 is 5.97 Å². The monoisotopic (exact) mass is 338 g/mol. The van der Waals surface area contributed by atoms with Crippen molar-refractivity contribution in [1.29, 1.82) is 0 Å². The molecule has 0 aliphatic carbocycles. The van der Waals surface area contributed by atoms with E-state index in [2.05, 4.69) is 10.6 Å². The number of esters is 1. The number of carbonyl (C=O) groups excluding carboxylic acids is 3. The quantitative estimate of drug-likeness (QED) is 0.497. The molecule has 2 aromatic rings. The molecular weight excluding hydrogens is 320 g/mol. The molecule has 0 saturated carbocycles. The SMILES string of the molecule is C/C=C/C(=O)Nc1cccc(NC(=O)c2cccc(OC(C)=O)c2)c1. The van der Waals surface area contributed by atoms with E-state index in [0.717, 1.165) is 0 Å². The fraction of sp³-hybridized carbons (Fsp3) is 0.105. The molecule has 2 rings (SSSR count). The fourth-order valence-corrected chi connectivity index (χ4v) is 2.08. The smallest absolute Gasteiger partial charge is 0.308 e. The fourth-order valence-electron chi connectivity index (χ4n) is 2.08. The standard InChI is InChI=1S/C19H18N2O4/c1-3-6-18(23)20-15-8-5-9-16(12-15)21-19(24)14-7-4-10-17(11-14)25-13(2)22/h3-12H,1-2H3,(H,20,23)(H,21,24)/b6-3+. The summed E-state index contributed by atoms with van der Waals surface area (Å²) in [6, 6.07) is 13.1. The second kappa shape index (κ2) is 8.44. The van der Waals surface area contributed by atoms with Crippen molar-refractivity contribution in [3.8, 4) is 5.75 Å². The van der Waals surface area contributed by atoms with Crippen molar-refractivity contribution >= 4 is 29.2 Å². The second-order valence-electron chi connectivity index (χ2n) is 5.15. The van der Waals surface area contributed by atoms with E-state index in [9.17, 15) is 14.4 Å². The summed E-state index contributed by atoms with van der Waals surface area (Å²) in [5.41, 5.74) is 1.44. The molecule has 0 unspecified atom stereocenters. The summed E-state index contributed by atoms with van der Waals surface area (Å²) in [7, 11) is 0. The Bertz CT molecular complexity index is 828. The lowest BCUT2D eigenvalue weighted by Gasteiger charge is -2.09. The molecular formula is C19H18N2O4. The summed E-state index contributed by atoms with van der Waals surface area (Å²) >= 11 is 0. The highest BCUT2D eigenvalue weighted by molar-refractivity contribution is 6.05. The largest absolute Gasteiger partial charge is 0.427 e. The molecule has 2 amide bonds. The van der Waals surface area contributed by atoms with E-state index in [1.807, 2.05) is 0 Å². The van der Waals surface area contributed by atoms with E-state index in [-0.39, 0.29) is 11.8 Å². The number of benzene rings is 2. The average molecular weight is 338 g/mol. The molecule has 2 aromatic carbocycles. The maximum atomic E-state index is 12.3. The van der Waals surface area contributed by atoms with Crippen molar-refractivity contribution in [3.63, 3.8) is 0 Å². The van der Waals surface area contributed by atoms with Crippen molar-refractivity contribution in [2.24, 2.45) is 0 Å². The molecule has 0 saturated heterocycles. The first kappa shape index (κ1) is 17.9. The molecule has 0 aliphatic rings. The van der Waals surface area contributed by atoms with Gasteiger partial charge in [0.05, 0.1) is 0 Å². The zero-order valence-electron chi connectivity index (χ0n) is 13.9. The van der Waals surface area contributed by atoms with Crippen LogP contribution in [0.25, 0.3) is 0 Å². The zero-order chi connectivity index (χ0) is 18.2. The molecule has 2 N–H and O–H groups in total. The number of anilines is 2. The van der Waals surface area contributed by atoms with Gasteiger partial charge in [0, 0.05) is 23.9 Å². The Kier molecular flexibility index (Phi) is 6.06. The van der Waals surface area contributed by atoms with E-state index >= 15 is 0 Å². The first-order valence-electron chi connectivity index (χ1n) is 7.61. The van der Waals surface area contributed by atoms with Crippen molar-refractivity contribution in [1.82, 2.24) is 0 Å². The van der Waals surface area contributed by atoms with Crippen LogP contribution in [0.1, 0.15) is 24.2 Å². The third kappa shape index (κ3) is 5.62. The van der Waals surface area contributed by atoms with Crippen LogP contribution in [-0.2, 0) is 9.59 Å². The van der Waals surface area contributed by atoms with Crippen LogP contribution in [-0.4, -0.2) is 17.8 Å². The highest BCUT2D eigenvalue weighted by Crippen LogP contribution is 2.18. The number of rotatable bonds is 5. The van der Waals surface area contributed by atoms with Crippen LogP contribution in [0, 0.1) is 0 Å². The van der Waals surface area contributed by atoms with Gasteiger partial charge in [0.15, 0.2) is 0 Å². The van der Waals surface area contributed by atoms with Crippen LogP contribution < -0.4 is 15.4 Å². The summed E-state index contributed by atoms with van der Waals surface area (Å²) < 4.78 is 4.97. The molecule has 0 bridgehead atoms. The van der Waals surface area contributed by atoms with Gasteiger partial charge in [-0.3, -0.25) is 14.4 Å². The number of amides is 2. The predicted octanol–water partition coefficient (Wildman–Crippen LogP) is 3.38. The first-order valence-corrected chi connectivity index (χ1v) is 7.61. The molecule has 0 heterocycles. The number of nitrogens with one attached hydrogen (secondary N) is 2. The lowest BCUT2D eigenvalue weighted by Crippen LogP contribution is -2.13. The van der Waals surface area contributed by atoms with Gasteiger partial charge in [0.25, 0.3) is 5.91 Å². The van der Waals surface area contributed by atoms with Gasteiger partial charge in [-0.1, -0.05) is 18.2 Å². The zero-order valence-corrected chi connectivity index (χ0v) is 13.9. The minimum absolute atomic E-state index is 0.250. The number of hydrogen-bond acceptors (Lipinski definition) is 4. The summed E-state index contributed by atoms with van der Waals surface area (Å²) in [5.74, 6) is -0.763. The topological polar surface area (TPSA) is 84.5 Å². The Labute approximate surface area is 145 Å².